The van der Waals surface area contributed by atoms with Gasteiger partial charge in [-0.2, -0.15) is 0 Å². The SMILES string of the molecule is CCNC(=NCC(C)CN1CCN(CC)CC1)NCC1CCCOC1c1ccc(C)cc1. The minimum absolute atomic E-state index is 0.167. The van der Waals surface area contributed by atoms with Gasteiger partial charge in [-0.15, -0.1) is 0 Å². The van der Waals surface area contributed by atoms with Crippen molar-refractivity contribution in [3.8, 4) is 0 Å². The third kappa shape index (κ3) is 7.75. The van der Waals surface area contributed by atoms with Crippen LogP contribution >= 0.6 is 0 Å². The zero-order valence-corrected chi connectivity index (χ0v) is 20.8. The topological polar surface area (TPSA) is 52.1 Å². The van der Waals surface area contributed by atoms with E-state index in [2.05, 4.69) is 72.4 Å². The minimum atomic E-state index is 0.167. The summed E-state index contributed by atoms with van der Waals surface area (Å²) in [6.07, 6.45) is 2.48. The standard InChI is InChI=1S/C26H45N5O/c1-5-27-26(28-18-22(4)20-31-15-13-30(6-2)14-16-31)29-19-24-8-7-17-32-25(24)23-11-9-21(3)10-12-23/h9-12,22,24-25H,5-8,13-20H2,1-4H3,(H2,27,28,29). The van der Waals surface area contributed by atoms with Crippen LogP contribution in [0.25, 0.3) is 0 Å². The zero-order valence-electron chi connectivity index (χ0n) is 20.8. The molecule has 2 N–H and O–H groups in total. The Labute approximate surface area is 195 Å². The molecule has 32 heavy (non-hydrogen) atoms. The summed E-state index contributed by atoms with van der Waals surface area (Å²) in [4.78, 5) is 10.0. The molecule has 0 bridgehead atoms. The first kappa shape index (κ1) is 25.0. The molecule has 6 nitrogen and oxygen atoms in total. The molecule has 0 aliphatic carbocycles. The predicted molar refractivity (Wildman–Crippen MR) is 134 cm³/mol. The predicted octanol–water partition coefficient (Wildman–Crippen LogP) is 3.29. The van der Waals surface area contributed by atoms with Crippen molar-refractivity contribution in [3.63, 3.8) is 0 Å². The lowest BCUT2D eigenvalue weighted by molar-refractivity contribution is -0.0265. The van der Waals surface area contributed by atoms with Crippen LogP contribution in [-0.2, 0) is 4.74 Å². The normalized spacial score (nSPS) is 24.3. The summed E-state index contributed by atoms with van der Waals surface area (Å²) in [5.41, 5.74) is 2.59. The summed E-state index contributed by atoms with van der Waals surface area (Å²) in [6, 6.07) is 8.82. The maximum absolute atomic E-state index is 6.20. The van der Waals surface area contributed by atoms with Gasteiger partial charge in [-0.3, -0.25) is 4.99 Å². The van der Waals surface area contributed by atoms with Crippen LogP contribution in [0.3, 0.4) is 0 Å². The summed E-state index contributed by atoms with van der Waals surface area (Å²) in [5, 5.41) is 7.05. The molecule has 0 spiro atoms. The fourth-order valence-corrected chi connectivity index (χ4v) is 4.78. The average Bonchev–Trinajstić information content (AvgIpc) is 2.82. The lowest BCUT2D eigenvalue weighted by Gasteiger charge is -2.35. The van der Waals surface area contributed by atoms with E-state index in [0.29, 0.717) is 11.8 Å². The highest BCUT2D eigenvalue weighted by Gasteiger charge is 2.27. The van der Waals surface area contributed by atoms with Crippen LogP contribution in [0, 0.1) is 18.8 Å². The number of likely N-dealkylation sites (N-methyl/N-ethyl adjacent to an activating group) is 1. The van der Waals surface area contributed by atoms with Gasteiger partial charge >= 0.3 is 0 Å². The number of rotatable bonds is 9. The zero-order chi connectivity index (χ0) is 22.8. The Bertz CT molecular complexity index is 684. The third-order valence-corrected chi connectivity index (χ3v) is 6.77. The molecule has 180 valence electrons. The number of benzene rings is 1. The van der Waals surface area contributed by atoms with Crippen LogP contribution in [0.4, 0.5) is 0 Å². The Hall–Kier alpha value is -1.63. The molecule has 3 unspecified atom stereocenters. The number of guanidine groups is 1. The van der Waals surface area contributed by atoms with Crippen LogP contribution in [0.15, 0.2) is 29.3 Å². The molecule has 6 heteroatoms. The second-order valence-electron chi connectivity index (χ2n) is 9.54. The van der Waals surface area contributed by atoms with Crippen LogP contribution in [0.2, 0.25) is 0 Å². The largest absolute Gasteiger partial charge is 0.373 e. The maximum Gasteiger partial charge on any atom is 0.191 e. The van der Waals surface area contributed by atoms with E-state index in [1.807, 2.05) is 0 Å². The average molecular weight is 444 g/mol. The summed E-state index contributed by atoms with van der Waals surface area (Å²) in [6.45, 7) is 19.4. The number of nitrogens with zero attached hydrogens (tertiary/aromatic N) is 3. The molecule has 2 aliphatic heterocycles. The van der Waals surface area contributed by atoms with E-state index in [1.165, 1.54) is 50.3 Å². The summed E-state index contributed by atoms with van der Waals surface area (Å²) in [7, 11) is 0. The summed E-state index contributed by atoms with van der Waals surface area (Å²) >= 11 is 0. The van der Waals surface area contributed by atoms with Crippen LogP contribution < -0.4 is 10.6 Å². The summed E-state index contributed by atoms with van der Waals surface area (Å²) in [5.74, 6) is 1.95. The maximum atomic E-state index is 6.20. The first-order chi connectivity index (χ1) is 15.6. The van der Waals surface area contributed by atoms with Gasteiger partial charge in [0, 0.05) is 64.9 Å². The Kier molecular flexibility index (Phi) is 10.3. The van der Waals surface area contributed by atoms with E-state index in [1.54, 1.807) is 0 Å². The molecular weight excluding hydrogens is 398 g/mol. The van der Waals surface area contributed by atoms with Crippen molar-refractivity contribution in [2.24, 2.45) is 16.8 Å². The fraction of sp³-hybridized carbons (Fsp3) is 0.731. The Balaban J connectivity index is 1.50. The number of hydrogen-bond donors (Lipinski definition) is 2. The smallest absolute Gasteiger partial charge is 0.191 e. The summed E-state index contributed by atoms with van der Waals surface area (Å²) < 4.78 is 6.20. The van der Waals surface area contributed by atoms with Crippen molar-refractivity contribution in [2.45, 2.75) is 46.6 Å². The van der Waals surface area contributed by atoms with Crippen molar-refractivity contribution < 1.29 is 4.74 Å². The number of nitrogens with one attached hydrogen (secondary N) is 2. The molecule has 0 aromatic heterocycles. The Morgan fingerprint density at radius 1 is 1.09 bits per heavy atom. The number of hydrogen-bond acceptors (Lipinski definition) is 4. The molecule has 0 amide bonds. The van der Waals surface area contributed by atoms with Gasteiger partial charge in [-0.25, -0.2) is 0 Å². The Morgan fingerprint density at radius 3 is 2.50 bits per heavy atom. The number of aliphatic imine (C=N–C) groups is 1. The molecule has 2 heterocycles. The number of ether oxygens (including phenoxy) is 1. The van der Waals surface area contributed by atoms with Gasteiger partial charge in [0.2, 0.25) is 0 Å². The lowest BCUT2D eigenvalue weighted by atomic mass is 9.89. The quantitative estimate of drug-likeness (QED) is 0.453. The van der Waals surface area contributed by atoms with Crippen molar-refractivity contribution >= 4 is 5.96 Å². The molecule has 3 atom stereocenters. The van der Waals surface area contributed by atoms with Crippen LogP contribution in [0.5, 0.6) is 0 Å². The molecule has 0 saturated carbocycles. The van der Waals surface area contributed by atoms with Gasteiger partial charge in [-0.05, 0) is 44.7 Å². The third-order valence-electron chi connectivity index (χ3n) is 6.77. The molecule has 3 rings (SSSR count). The molecule has 1 aromatic carbocycles. The van der Waals surface area contributed by atoms with Gasteiger partial charge in [0.1, 0.15) is 0 Å². The van der Waals surface area contributed by atoms with Crippen LogP contribution in [0.1, 0.15) is 50.8 Å². The molecular formula is C26H45N5O. The molecule has 1 aromatic rings. The van der Waals surface area contributed by atoms with E-state index in [9.17, 15) is 0 Å². The van der Waals surface area contributed by atoms with E-state index in [0.717, 1.165) is 45.2 Å². The van der Waals surface area contributed by atoms with E-state index < -0.39 is 0 Å². The molecule has 2 aliphatic rings. The van der Waals surface area contributed by atoms with Crippen molar-refractivity contribution in [3.05, 3.63) is 35.4 Å². The molecule has 2 saturated heterocycles. The second-order valence-corrected chi connectivity index (χ2v) is 9.54. The molecule has 2 fully saturated rings. The lowest BCUT2D eigenvalue weighted by Crippen LogP contribution is -2.47. The van der Waals surface area contributed by atoms with Gasteiger partial charge in [0.25, 0.3) is 0 Å². The van der Waals surface area contributed by atoms with Crippen LogP contribution in [-0.4, -0.2) is 81.3 Å². The van der Waals surface area contributed by atoms with E-state index in [-0.39, 0.29) is 6.10 Å². The second kappa shape index (κ2) is 13.2. The molecule has 0 radical (unpaired) electrons. The highest BCUT2D eigenvalue weighted by molar-refractivity contribution is 5.79. The first-order valence-corrected chi connectivity index (χ1v) is 12.7. The highest BCUT2D eigenvalue weighted by atomic mass is 16.5. The van der Waals surface area contributed by atoms with Gasteiger partial charge in [0.05, 0.1) is 6.10 Å². The van der Waals surface area contributed by atoms with Crippen molar-refractivity contribution in [2.75, 3.05) is 65.5 Å². The minimum Gasteiger partial charge on any atom is -0.373 e. The van der Waals surface area contributed by atoms with E-state index in [4.69, 9.17) is 9.73 Å². The first-order valence-electron chi connectivity index (χ1n) is 12.7. The fourth-order valence-electron chi connectivity index (χ4n) is 4.78. The monoisotopic (exact) mass is 443 g/mol. The van der Waals surface area contributed by atoms with Gasteiger partial charge < -0.3 is 25.2 Å². The van der Waals surface area contributed by atoms with Gasteiger partial charge in [0.15, 0.2) is 5.96 Å². The van der Waals surface area contributed by atoms with E-state index >= 15 is 0 Å². The number of aryl methyl sites for hydroxylation is 1. The number of piperazine rings is 1. The highest BCUT2D eigenvalue weighted by Crippen LogP contribution is 2.33. The van der Waals surface area contributed by atoms with Crippen molar-refractivity contribution in [1.82, 2.24) is 20.4 Å². The van der Waals surface area contributed by atoms with Gasteiger partial charge in [-0.1, -0.05) is 43.7 Å². The Morgan fingerprint density at radius 2 is 1.81 bits per heavy atom. The van der Waals surface area contributed by atoms with Crippen molar-refractivity contribution in [1.29, 1.82) is 0 Å².